The normalized spacial score (nSPS) is 16.1. The third kappa shape index (κ3) is 3.64. The van der Waals surface area contributed by atoms with Crippen molar-refractivity contribution in [3.63, 3.8) is 0 Å². The van der Waals surface area contributed by atoms with Gasteiger partial charge in [0.1, 0.15) is 5.75 Å². The third-order valence-corrected chi connectivity index (χ3v) is 4.22. The van der Waals surface area contributed by atoms with Crippen LogP contribution >= 0.6 is 15.9 Å². The molecule has 1 aromatic carbocycles. The summed E-state index contributed by atoms with van der Waals surface area (Å²) in [6.07, 6.45) is 1.71. The molecular weight excluding hydrogens is 324 g/mol. The average Bonchev–Trinajstić information content (AvgIpc) is 2.49. The summed E-state index contributed by atoms with van der Waals surface area (Å²) in [5.41, 5.74) is 0.708. The van der Waals surface area contributed by atoms with Gasteiger partial charge in [-0.1, -0.05) is 0 Å². The van der Waals surface area contributed by atoms with Gasteiger partial charge < -0.3 is 20.1 Å². The number of aliphatic hydroxyl groups excluding tert-OH is 1. The molecule has 2 N–H and O–H groups in total. The molecule has 0 saturated carbocycles. The third-order valence-electron chi connectivity index (χ3n) is 3.56. The number of halogens is 1. The lowest BCUT2D eigenvalue weighted by molar-refractivity contribution is 0.143. The number of hydrogen-bond donors (Lipinski definition) is 2. The van der Waals surface area contributed by atoms with Crippen molar-refractivity contribution in [3.05, 3.63) is 22.7 Å². The molecule has 0 atom stereocenters. The van der Waals surface area contributed by atoms with Crippen molar-refractivity contribution in [2.75, 3.05) is 32.1 Å². The Morgan fingerprint density at radius 2 is 2.20 bits per heavy atom. The van der Waals surface area contributed by atoms with E-state index in [-0.39, 0.29) is 12.6 Å². The first-order valence-corrected chi connectivity index (χ1v) is 7.43. The summed E-state index contributed by atoms with van der Waals surface area (Å²) in [7, 11) is 1.59. The molecule has 1 fully saturated rings. The van der Waals surface area contributed by atoms with Crippen LogP contribution in [0.5, 0.6) is 5.75 Å². The molecule has 0 bridgehead atoms. The van der Waals surface area contributed by atoms with Crippen LogP contribution in [0, 0.1) is 5.92 Å². The quantitative estimate of drug-likeness (QED) is 0.887. The zero-order valence-electron chi connectivity index (χ0n) is 11.4. The molecule has 0 radical (unpaired) electrons. The largest absolute Gasteiger partial charge is 0.495 e. The Morgan fingerprint density at radius 1 is 1.50 bits per heavy atom. The number of rotatable bonds is 3. The molecule has 5 nitrogen and oxygen atoms in total. The monoisotopic (exact) mass is 342 g/mol. The molecule has 1 aliphatic rings. The number of benzene rings is 1. The molecule has 1 aliphatic heterocycles. The van der Waals surface area contributed by atoms with Gasteiger partial charge in [-0.05, 0) is 46.8 Å². The molecule has 2 amide bonds. The fourth-order valence-electron chi connectivity index (χ4n) is 2.26. The minimum absolute atomic E-state index is 0.106. The van der Waals surface area contributed by atoms with E-state index in [1.54, 1.807) is 18.1 Å². The van der Waals surface area contributed by atoms with Crippen molar-refractivity contribution in [2.24, 2.45) is 5.92 Å². The van der Waals surface area contributed by atoms with Gasteiger partial charge in [-0.3, -0.25) is 0 Å². The number of methoxy groups -OCH3 is 1. The predicted octanol–water partition coefficient (Wildman–Crippen LogP) is 2.69. The van der Waals surface area contributed by atoms with Gasteiger partial charge >= 0.3 is 6.03 Å². The Labute approximate surface area is 127 Å². The number of carbonyl (C=O) groups excluding carboxylic acids is 1. The number of nitrogens with zero attached hydrogens (tertiary/aromatic N) is 1. The molecule has 1 saturated heterocycles. The van der Waals surface area contributed by atoms with Crippen LogP contribution in [0.1, 0.15) is 12.8 Å². The van der Waals surface area contributed by atoms with Gasteiger partial charge in [0.05, 0.1) is 11.6 Å². The van der Waals surface area contributed by atoms with Gasteiger partial charge in [-0.15, -0.1) is 0 Å². The first-order valence-electron chi connectivity index (χ1n) is 6.64. The molecular formula is C14H19BrN2O3. The summed E-state index contributed by atoms with van der Waals surface area (Å²) in [6, 6.07) is 5.34. The van der Waals surface area contributed by atoms with E-state index in [4.69, 9.17) is 9.84 Å². The van der Waals surface area contributed by atoms with Crippen molar-refractivity contribution in [1.82, 2.24) is 4.90 Å². The van der Waals surface area contributed by atoms with Crippen molar-refractivity contribution >= 4 is 27.6 Å². The van der Waals surface area contributed by atoms with Crippen LogP contribution < -0.4 is 10.1 Å². The zero-order valence-corrected chi connectivity index (χ0v) is 13.0. The topological polar surface area (TPSA) is 61.8 Å². The lowest BCUT2D eigenvalue weighted by atomic mass is 9.98. The first-order chi connectivity index (χ1) is 9.63. The van der Waals surface area contributed by atoms with E-state index in [2.05, 4.69) is 21.2 Å². The Kier molecular flexibility index (Phi) is 5.25. The van der Waals surface area contributed by atoms with Crippen LogP contribution in [0.15, 0.2) is 22.7 Å². The van der Waals surface area contributed by atoms with Crippen LogP contribution in [0.3, 0.4) is 0 Å². The molecule has 0 aromatic heterocycles. The maximum Gasteiger partial charge on any atom is 0.321 e. The summed E-state index contributed by atoms with van der Waals surface area (Å²) in [5.74, 6) is 1.01. The Bertz CT molecular complexity index is 473. The van der Waals surface area contributed by atoms with Gasteiger partial charge in [-0.2, -0.15) is 0 Å². The summed E-state index contributed by atoms with van der Waals surface area (Å²) in [6.45, 7) is 1.58. The smallest absolute Gasteiger partial charge is 0.321 e. The van der Waals surface area contributed by atoms with E-state index in [1.165, 1.54) is 0 Å². The molecule has 0 unspecified atom stereocenters. The summed E-state index contributed by atoms with van der Waals surface area (Å²) < 4.78 is 6.05. The van der Waals surface area contributed by atoms with Crippen molar-refractivity contribution in [2.45, 2.75) is 12.8 Å². The summed E-state index contributed by atoms with van der Waals surface area (Å²) in [4.78, 5) is 13.9. The number of likely N-dealkylation sites (tertiary alicyclic amines) is 1. The van der Waals surface area contributed by atoms with Gasteiger partial charge in [-0.25, -0.2) is 4.79 Å². The molecule has 0 aliphatic carbocycles. The molecule has 1 heterocycles. The van der Waals surface area contributed by atoms with Gasteiger partial charge in [0.2, 0.25) is 0 Å². The van der Waals surface area contributed by atoms with E-state index in [1.807, 2.05) is 12.1 Å². The molecule has 0 spiro atoms. The summed E-state index contributed by atoms with van der Waals surface area (Å²) in [5, 5.41) is 12.0. The number of aliphatic hydroxyl groups is 1. The highest BCUT2D eigenvalue weighted by Crippen LogP contribution is 2.28. The minimum Gasteiger partial charge on any atom is -0.495 e. The van der Waals surface area contributed by atoms with Crippen LogP contribution in [-0.2, 0) is 0 Å². The lowest BCUT2D eigenvalue weighted by Crippen LogP contribution is -2.41. The number of urea groups is 1. The van der Waals surface area contributed by atoms with Gasteiger partial charge in [0, 0.05) is 31.5 Å². The standard InChI is InChI=1S/C14H19BrN2O3/c1-20-13-8-11(2-3-12(13)15)16-14(19)17-6-4-10(9-18)5-7-17/h2-3,8,10,18H,4-7,9H2,1H3,(H,16,19). The first kappa shape index (κ1) is 15.1. The molecule has 1 aromatic rings. The maximum absolute atomic E-state index is 12.1. The predicted molar refractivity (Wildman–Crippen MR) is 81.1 cm³/mol. The second-order valence-corrected chi connectivity index (χ2v) is 5.75. The number of hydrogen-bond acceptors (Lipinski definition) is 3. The number of nitrogens with one attached hydrogen (secondary N) is 1. The van der Waals surface area contributed by atoms with E-state index in [0.717, 1.165) is 17.3 Å². The highest BCUT2D eigenvalue weighted by atomic mass is 79.9. The lowest BCUT2D eigenvalue weighted by Gasteiger charge is -2.31. The molecule has 110 valence electrons. The minimum atomic E-state index is -0.106. The average molecular weight is 343 g/mol. The SMILES string of the molecule is COc1cc(NC(=O)N2CCC(CO)CC2)ccc1Br. The molecule has 6 heteroatoms. The molecule has 2 rings (SSSR count). The van der Waals surface area contributed by atoms with E-state index in [0.29, 0.717) is 30.4 Å². The fourth-order valence-corrected chi connectivity index (χ4v) is 2.67. The Morgan fingerprint density at radius 3 is 2.80 bits per heavy atom. The van der Waals surface area contributed by atoms with Crippen LogP contribution in [0.2, 0.25) is 0 Å². The number of piperidine rings is 1. The zero-order chi connectivity index (χ0) is 14.5. The van der Waals surface area contributed by atoms with Crippen LogP contribution in [-0.4, -0.2) is 42.8 Å². The van der Waals surface area contributed by atoms with Crippen molar-refractivity contribution in [3.8, 4) is 5.75 Å². The number of amides is 2. The number of ether oxygens (including phenoxy) is 1. The fraction of sp³-hybridized carbons (Fsp3) is 0.500. The highest BCUT2D eigenvalue weighted by Gasteiger charge is 2.22. The van der Waals surface area contributed by atoms with E-state index >= 15 is 0 Å². The van der Waals surface area contributed by atoms with Gasteiger partial charge in [0.15, 0.2) is 0 Å². The second-order valence-electron chi connectivity index (χ2n) is 4.89. The van der Waals surface area contributed by atoms with Gasteiger partial charge in [0.25, 0.3) is 0 Å². The van der Waals surface area contributed by atoms with Crippen LogP contribution in [0.25, 0.3) is 0 Å². The van der Waals surface area contributed by atoms with Crippen LogP contribution in [0.4, 0.5) is 10.5 Å². The molecule has 20 heavy (non-hydrogen) atoms. The van der Waals surface area contributed by atoms with Crippen molar-refractivity contribution < 1.29 is 14.6 Å². The number of carbonyl (C=O) groups is 1. The Balaban J connectivity index is 1.95. The second kappa shape index (κ2) is 6.95. The van der Waals surface area contributed by atoms with E-state index in [9.17, 15) is 4.79 Å². The van der Waals surface area contributed by atoms with E-state index < -0.39 is 0 Å². The highest BCUT2D eigenvalue weighted by molar-refractivity contribution is 9.10. The maximum atomic E-state index is 12.1. The number of anilines is 1. The van der Waals surface area contributed by atoms with Crippen molar-refractivity contribution in [1.29, 1.82) is 0 Å². The Hall–Kier alpha value is -1.27. The summed E-state index contributed by atoms with van der Waals surface area (Å²) >= 11 is 3.38.